The molecule has 1 atom stereocenters. The molecule has 0 bridgehead atoms. The number of thiazole rings is 1. The van der Waals surface area contributed by atoms with Crippen molar-refractivity contribution in [2.24, 2.45) is 7.05 Å². The molecule has 0 amide bonds. The third-order valence-corrected chi connectivity index (χ3v) is 10.0. The van der Waals surface area contributed by atoms with Crippen LogP contribution >= 0.6 is 22.9 Å². The van der Waals surface area contributed by atoms with Crippen molar-refractivity contribution in [3.8, 4) is 21.7 Å². The Labute approximate surface area is 280 Å². The zero-order valence-corrected chi connectivity index (χ0v) is 29.8. The maximum atomic E-state index is 13.5. The monoisotopic (exact) mass is 658 g/mol. The van der Waals surface area contributed by atoms with E-state index in [1.807, 2.05) is 70.6 Å². The van der Waals surface area contributed by atoms with E-state index in [0.717, 1.165) is 67.3 Å². The van der Waals surface area contributed by atoms with E-state index in [1.54, 1.807) is 11.3 Å². The predicted octanol–water partition coefficient (Wildman–Crippen LogP) is 9.10. The van der Waals surface area contributed by atoms with Crippen molar-refractivity contribution in [3.05, 3.63) is 70.4 Å². The molecule has 5 aromatic rings. The molecule has 0 saturated carbocycles. The van der Waals surface area contributed by atoms with Crippen molar-refractivity contribution in [2.45, 2.75) is 78.6 Å². The Morgan fingerprint density at radius 2 is 1.72 bits per heavy atom. The molecular formula is C37H43ClN4O3S. The number of halogens is 1. The molecule has 1 aliphatic rings. The normalized spacial score (nSPS) is 15.4. The molecule has 46 heavy (non-hydrogen) atoms. The van der Waals surface area contributed by atoms with Crippen molar-refractivity contribution in [1.29, 1.82) is 0 Å². The van der Waals surface area contributed by atoms with Gasteiger partial charge < -0.3 is 9.47 Å². The lowest BCUT2D eigenvalue weighted by Crippen LogP contribution is -2.54. The van der Waals surface area contributed by atoms with Crippen molar-refractivity contribution >= 4 is 50.0 Å². The second kappa shape index (κ2) is 12.1. The molecule has 3 aromatic carbocycles. The van der Waals surface area contributed by atoms with Crippen LogP contribution in [0.2, 0.25) is 5.02 Å². The molecule has 0 aliphatic carbocycles. The van der Waals surface area contributed by atoms with Gasteiger partial charge in [0.1, 0.15) is 5.01 Å². The summed E-state index contributed by atoms with van der Waals surface area (Å²) < 4.78 is 15.0. The fraction of sp³-hybridized carbons (Fsp3) is 0.432. The first-order chi connectivity index (χ1) is 21.6. The van der Waals surface area contributed by atoms with Gasteiger partial charge in [-0.25, -0.2) is 9.78 Å². The first-order valence-electron chi connectivity index (χ1n) is 15.9. The van der Waals surface area contributed by atoms with Gasteiger partial charge in [0.2, 0.25) is 0 Å². The summed E-state index contributed by atoms with van der Waals surface area (Å²) >= 11 is 7.95. The second-order valence-corrected chi connectivity index (χ2v) is 15.7. The van der Waals surface area contributed by atoms with E-state index in [-0.39, 0.29) is 12.1 Å². The average Bonchev–Trinajstić information content (AvgIpc) is 3.50. The fourth-order valence-corrected chi connectivity index (χ4v) is 7.55. The maximum Gasteiger partial charge on any atom is 0.339 e. The molecule has 0 spiro atoms. The van der Waals surface area contributed by atoms with Gasteiger partial charge in [-0.15, -0.1) is 11.3 Å². The van der Waals surface area contributed by atoms with Crippen LogP contribution in [0, 0.1) is 6.92 Å². The SMILES string of the molecule is CCOC(=O)[C@@H](OC(C)(C)C)c1c(C)cc2nc(-c3ccc4c(c3)c(C3CN(C(C)(C)C)C3)nn4C)sc2c1-c1ccc(Cl)cc1. The minimum Gasteiger partial charge on any atom is -0.464 e. The maximum absolute atomic E-state index is 13.5. The van der Waals surface area contributed by atoms with E-state index in [2.05, 4.69) is 49.9 Å². The molecule has 0 N–H and O–H groups in total. The highest BCUT2D eigenvalue weighted by molar-refractivity contribution is 7.22. The van der Waals surface area contributed by atoms with Gasteiger partial charge in [-0.3, -0.25) is 9.58 Å². The van der Waals surface area contributed by atoms with Gasteiger partial charge in [-0.1, -0.05) is 23.7 Å². The Bertz CT molecular complexity index is 1930. The van der Waals surface area contributed by atoms with Gasteiger partial charge in [0.15, 0.2) is 6.10 Å². The highest BCUT2D eigenvalue weighted by Gasteiger charge is 2.38. The number of ether oxygens (including phenoxy) is 2. The van der Waals surface area contributed by atoms with Gasteiger partial charge in [0.25, 0.3) is 0 Å². The summed E-state index contributed by atoms with van der Waals surface area (Å²) in [4.78, 5) is 21.2. The number of hydrogen-bond acceptors (Lipinski definition) is 7. The molecule has 242 valence electrons. The Hall–Kier alpha value is -3.30. The van der Waals surface area contributed by atoms with Crippen molar-refractivity contribution < 1.29 is 14.3 Å². The molecule has 2 aromatic heterocycles. The number of likely N-dealkylation sites (tertiary alicyclic amines) is 1. The van der Waals surface area contributed by atoms with Crippen LogP contribution in [-0.4, -0.2) is 56.5 Å². The van der Waals surface area contributed by atoms with Gasteiger partial charge in [0.05, 0.1) is 33.6 Å². The summed E-state index contributed by atoms with van der Waals surface area (Å²) in [5.41, 5.74) is 7.30. The molecule has 7 nitrogen and oxygen atoms in total. The van der Waals surface area contributed by atoms with Crippen LogP contribution < -0.4 is 0 Å². The zero-order valence-electron chi connectivity index (χ0n) is 28.2. The first kappa shape index (κ1) is 32.6. The Morgan fingerprint density at radius 3 is 2.35 bits per heavy atom. The summed E-state index contributed by atoms with van der Waals surface area (Å²) in [6.07, 6.45) is -0.912. The minimum absolute atomic E-state index is 0.149. The van der Waals surface area contributed by atoms with Crippen LogP contribution in [0.3, 0.4) is 0 Å². The van der Waals surface area contributed by atoms with Crippen molar-refractivity contribution in [1.82, 2.24) is 19.7 Å². The molecule has 0 unspecified atom stereocenters. The van der Waals surface area contributed by atoms with Gasteiger partial charge >= 0.3 is 5.97 Å². The number of rotatable bonds is 7. The first-order valence-corrected chi connectivity index (χ1v) is 17.1. The third kappa shape index (κ3) is 6.20. The van der Waals surface area contributed by atoms with E-state index in [1.165, 1.54) is 5.39 Å². The lowest BCUT2D eigenvalue weighted by Gasteiger charge is -2.47. The van der Waals surface area contributed by atoms with E-state index >= 15 is 0 Å². The van der Waals surface area contributed by atoms with E-state index in [0.29, 0.717) is 10.9 Å². The summed E-state index contributed by atoms with van der Waals surface area (Å²) in [5.74, 6) is -0.00621. The van der Waals surface area contributed by atoms with Crippen LogP contribution in [0.5, 0.6) is 0 Å². The number of carbonyl (C=O) groups excluding carboxylic acids is 1. The summed E-state index contributed by atoms with van der Waals surface area (Å²) in [6, 6.07) is 16.3. The Kier molecular flexibility index (Phi) is 8.55. The van der Waals surface area contributed by atoms with E-state index < -0.39 is 17.7 Å². The molecule has 3 heterocycles. The number of carbonyl (C=O) groups is 1. The smallest absolute Gasteiger partial charge is 0.339 e. The highest BCUT2D eigenvalue weighted by Crippen LogP contribution is 2.45. The molecular weight excluding hydrogens is 616 g/mol. The lowest BCUT2D eigenvalue weighted by molar-refractivity contribution is -0.166. The second-order valence-electron chi connectivity index (χ2n) is 14.2. The van der Waals surface area contributed by atoms with E-state index in [4.69, 9.17) is 31.2 Å². The molecule has 1 fully saturated rings. The topological polar surface area (TPSA) is 69.5 Å². The number of benzene rings is 3. The average molecular weight is 659 g/mol. The predicted molar refractivity (Wildman–Crippen MR) is 189 cm³/mol. The van der Waals surface area contributed by atoms with Crippen molar-refractivity contribution in [2.75, 3.05) is 19.7 Å². The number of hydrogen-bond donors (Lipinski definition) is 0. The van der Waals surface area contributed by atoms with Crippen molar-refractivity contribution in [3.63, 3.8) is 0 Å². The lowest BCUT2D eigenvalue weighted by atomic mass is 9.88. The van der Waals surface area contributed by atoms with Crippen LogP contribution in [-0.2, 0) is 21.3 Å². The van der Waals surface area contributed by atoms with E-state index in [9.17, 15) is 4.79 Å². The Balaban J connectivity index is 1.51. The highest BCUT2D eigenvalue weighted by atomic mass is 35.5. The van der Waals surface area contributed by atoms with Crippen LogP contribution in [0.25, 0.3) is 42.8 Å². The molecule has 6 rings (SSSR count). The van der Waals surface area contributed by atoms with Gasteiger partial charge in [-0.05, 0) is 103 Å². The number of esters is 1. The minimum atomic E-state index is -0.912. The van der Waals surface area contributed by atoms with Gasteiger partial charge in [0, 0.05) is 58.7 Å². The molecule has 1 aliphatic heterocycles. The molecule has 9 heteroatoms. The number of nitrogens with zero attached hydrogens (tertiary/aromatic N) is 4. The summed E-state index contributed by atoms with van der Waals surface area (Å²) in [6.45, 7) is 18.7. The Morgan fingerprint density at radius 1 is 1.04 bits per heavy atom. The number of fused-ring (bicyclic) bond motifs is 2. The molecule has 1 saturated heterocycles. The summed E-state index contributed by atoms with van der Waals surface area (Å²) in [5, 5.41) is 7.70. The summed E-state index contributed by atoms with van der Waals surface area (Å²) in [7, 11) is 2.02. The van der Waals surface area contributed by atoms with Crippen LogP contribution in [0.1, 0.15) is 77.3 Å². The van der Waals surface area contributed by atoms with Crippen LogP contribution in [0.15, 0.2) is 48.5 Å². The number of aromatic nitrogens is 3. The number of aryl methyl sites for hydroxylation is 2. The van der Waals surface area contributed by atoms with Gasteiger partial charge in [-0.2, -0.15) is 5.10 Å². The quantitative estimate of drug-likeness (QED) is 0.163. The fourth-order valence-electron chi connectivity index (χ4n) is 6.30. The largest absolute Gasteiger partial charge is 0.464 e. The molecule has 0 radical (unpaired) electrons. The van der Waals surface area contributed by atoms with Crippen LogP contribution in [0.4, 0.5) is 0 Å². The standard InChI is InChI=1S/C37H43ClN4O3S/c1-10-44-35(43)32(45-37(6,7)8)29-21(2)17-27-33(30(29)22-11-14-25(38)15-12-22)46-34(39-27)23-13-16-28-26(18-23)31(40-41(28)9)24-19-42(20-24)36(3,4)5/h11-18,24,32H,10,19-20H2,1-9H3/t32-/m0/s1. The third-order valence-electron chi connectivity index (χ3n) is 8.64. The zero-order chi connectivity index (χ0) is 33.1.